The van der Waals surface area contributed by atoms with E-state index in [2.05, 4.69) is 10.3 Å². The van der Waals surface area contributed by atoms with Crippen molar-refractivity contribution in [3.8, 4) is 0 Å². The number of dihydropyridines is 1. The molecule has 2 rings (SSSR count). The van der Waals surface area contributed by atoms with Gasteiger partial charge in [-0.1, -0.05) is 0 Å². The zero-order chi connectivity index (χ0) is 17.3. The van der Waals surface area contributed by atoms with Crippen LogP contribution in [0, 0.1) is 10.1 Å². The summed E-state index contributed by atoms with van der Waals surface area (Å²) < 4.78 is 0. The van der Waals surface area contributed by atoms with Crippen LogP contribution in [0.4, 0.5) is 5.69 Å². The van der Waals surface area contributed by atoms with Crippen LogP contribution in [0.5, 0.6) is 0 Å². The van der Waals surface area contributed by atoms with Gasteiger partial charge in [-0.05, 0) is 19.4 Å². The summed E-state index contributed by atoms with van der Waals surface area (Å²) in [5, 5.41) is 32.5. The summed E-state index contributed by atoms with van der Waals surface area (Å²) in [6, 6.07) is 1.13. The summed E-state index contributed by atoms with van der Waals surface area (Å²) in [5.74, 6) is -3.77. The van der Waals surface area contributed by atoms with Gasteiger partial charge in [-0.25, -0.2) is 9.59 Å². The van der Waals surface area contributed by atoms with E-state index in [1.54, 1.807) is 0 Å². The standard InChI is InChI=1S/C14H13N3O6/c1-6-10(13(18)19)12(11(14(20)21)7(2)16-6)8-3-9(17(22)23)5-15-4-8/h3-5,12,16H,1-2H3,(H,18,19)(H,20,21). The number of allylic oxidation sites excluding steroid dienone is 2. The number of hydrogen-bond donors (Lipinski definition) is 3. The number of nitrogens with zero attached hydrogens (tertiary/aromatic N) is 2. The fourth-order valence-corrected chi connectivity index (χ4v) is 2.60. The van der Waals surface area contributed by atoms with Crippen LogP contribution in [-0.4, -0.2) is 32.1 Å². The molecule has 1 aromatic rings. The number of aliphatic carboxylic acids is 2. The molecule has 9 nitrogen and oxygen atoms in total. The fraction of sp³-hybridized carbons (Fsp3) is 0.214. The zero-order valence-corrected chi connectivity index (χ0v) is 12.2. The van der Waals surface area contributed by atoms with E-state index in [4.69, 9.17) is 0 Å². The summed E-state index contributed by atoms with van der Waals surface area (Å²) in [7, 11) is 0. The lowest BCUT2D eigenvalue weighted by atomic mass is 9.81. The lowest BCUT2D eigenvalue weighted by Crippen LogP contribution is -2.31. The van der Waals surface area contributed by atoms with Gasteiger partial charge in [0.1, 0.15) is 6.20 Å². The summed E-state index contributed by atoms with van der Waals surface area (Å²) >= 11 is 0. The van der Waals surface area contributed by atoms with Gasteiger partial charge in [0.05, 0.1) is 22.0 Å². The van der Waals surface area contributed by atoms with E-state index < -0.39 is 22.8 Å². The van der Waals surface area contributed by atoms with Crippen LogP contribution in [0.1, 0.15) is 25.3 Å². The van der Waals surface area contributed by atoms with Crippen molar-refractivity contribution in [1.82, 2.24) is 10.3 Å². The Balaban J connectivity index is 2.72. The number of hydrogen-bond acceptors (Lipinski definition) is 6. The molecule has 0 fully saturated rings. The molecule has 1 aliphatic heterocycles. The van der Waals surface area contributed by atoms with Crippen LogP contribution >= 0.6 is 0 Å². The van der Waals surface area contributed by atoms with Gasteiger partial charge in [0.25, 0.3) is 5.69 Å². The van der Waals surface area contributed by atoms with Gasteiger partial charge in [0.15, 0.2) is 0 Å². The second kappa shape index (κ2) is 5.87. The Morgan fingerprint density at radius 1 is 1.17 bits per heavy atom. The highest BCUT2D eigenvalue weighted by molar-refractivity contribution is 5.98. The quantitative estimate of drug-likeness (QED) is 0.558. The Morgan fingerprint density at radius 3 is 2.13 bits per heavy atom. The topological polar surface area (TPSA) is 143 Å². The molecular formula is C14H13N3O6. The number of aromatic nitrogens is 1. The lowest BCUT2D eigenvalue weighted by Gasteiger charge is -2.28. The van der Waals surface area contributed by atoms with E-state index in [1.165, 1.54) is 20.0 Å². The van der Waals surface area contributed by atoms with E-state index in [-0.39, 0.29) is 33.8 Å². The number of pyridine rings is 1. The molecule has 0 saturated carbocycles. The maximum atomic E-state index is 11.6. The monoisotopic (exact) mass is 319 g/mol. The summed E-state index contributed by atoms with van der Waals surface area (Å²) in [5.41, 5.74) is -0.0291. The Labute approximate surface area is 130 Å². The Kier molecular flexibility index (Phi) is 4.12. The molecule has 0 aromatic carbocycles. The normalized spacial score (nSPS) is 15.4. The van der Waals surface area contributed by atoms with Gasteiger partial charge in [-0.2, -0.15) is 0 Å². The van der Waals surface area contributed by atoms with E-state index in [0.29, 0.717) is 0 Å². The average Bonchev–Trinajstić information content (AvgIpc) is 2.45. The third kappa shape index (κ3) is 2.89. The van der Waals surface area contributed by atoms with Crippen molar-refractivity contribution in [3.05, 3.63) is 56.7 Å². The lowest BCUT2D eigenvalue weighted by molar-refractivity contribution is -0.385. The largest absolute Gasteiger partial charge is 0.478 e. The Morgan fingerprint density at radius 2 is 1.70 bits per heavy atom. The molecule has 23 heavy (non-hydrogen) atoms. The van der Waals surface area contributed by atoms with Crippen LogP contribution < -0.4 is 5.32 Å². The highest BCUT2D eigenvalue weighted by atomic mass is 16.6. The molecule has 0 radical (unpaired) electrons. The summed E-state index contributed by atoms with van der Waals surface area (Å²) in [6.07, 6.45) is 2.24. The predicted molar refractivity (Wildman–Crippen MR) is 77.4 cm³/mol. The summed E-state index contributed by atoms with van der Waals surface area (Å²) in [4.78, 5) is 37.1. The van der Waals surface area contributed by atoms with Crippen molar-refractivity contribution < 1.29 is 24.7 Å². The van der Waals surface area contributed by atoms with Crippen molar-refractivity contribution in [2.75, 3.05) is 0 Å². The van der Waals surface area contributed by atoms with E-state index >= 15 is 0 Å². The molecule has 1 aromatic heterocycles. The van der Waals surface area contributed by atoms with Gasteiger partial charge in [0, 0.05) is 23.7 Å². The first-order valence-corrected chi connectivity index (χ1v) is 6.48. The minimum absolute atomic E-state index is 0.134. The van der Waals surface area contributed by atoms with Crippen LogP contribution in [0.2, 0.25) is 0 Å². The number of nitrogens with one attached hydrogen (secondary N) is 1. The van der Waals surface area contributed by atoms with Gasteiger partial charge < -0.3 is 15.5 Å². The molecule has 2 heterocycles. The molecule has 0 aliphatic carbocycles. The smallest absolute Gasteiger partial charge is 0.334 e. The molecule has 1 aliphatic rings. The van der Waals surface area contributed by atoms with Crippen molar-refractivity contribution in [2.45, 2.75) is 19.8 Å². The number of carbonyl (C=O) groups is 2. The molecule has 3 N–H and O–H groups in total. The van der Waals surface area contributed by atoms with Gasteiger partial charge >= 0.3 is 11.9 Å². The first-order chi connectivity index (χ1) is 10.7. The number of carboxylic acid groups (broad SMARTS) is 2. The maximum absolute atomic E-state index is 11.6. The van der Waals surface area contributed by atoms with E-state index in [0.717, 1.165) is 12.3 Å². The molecule has 0 amide bonds. The van der Waals surface area contributed by atoms with Crippen LogP contribution in [0.25, 0.3) is 0 Å². The molecule has 120 valence electrons. The predicted octanol–water partition coefficient (Wildman–Crippen LogP) is 1.39. The Hall–Kier alpha value is -3.23. The van der Waals surface area contributed by atoms with Crippen molar-refractivity contribution >= 4 is 17.6 Å². The van der Waals surface area contributed by atoms with Crippen LogP contribution in [-0.2, 0) is 9.59 Å². The molecule has 0 bridgehead atoms. The van der Waals surface area contributed by atoms with Crippen molar-refractivity contribution in [2.24, 2.45) is 0 Å². The third-order valence-electron chi connectivity index (χ3n) is 3.51. The first-order valence-electron chi connectivity index (χ1n) is 6.48. The third-order valence-corrected chi connectivity index (χ3v) is 3.51. The molecule has 0 unspecified atom stereocenters. The van der Waals surface area contributed by atoms with Gasteiger partial charge in [0.2, 0.25) is 0 Å². The Bertz CT molecular complexity index is 744. The zero-order valence-electron chi connectivity index (χ0n) is 12.2. The van der Waals surface area contributed by atoms with Gasteiger partial charge in [-0.15, -0.1) is 0 Å². The molecular weight excluding hydrogens is 306 g/mol. The minimum Gasteiger partial charge on any atom is -0.478 e. The SMILES string of the molecule is CC1=C(C(=O)O)C(c2cncc([N+](=O)[O-])c2)C(C(=O)O)=C(C)N1. The highest BCUT2D eigenvalue weighted by Gasteiger charge is 2.37. The summed E-state index contributed by atoms with van der Waals surface area (Å²) in [6.45, 7) is 3.01. The molecule has 0 saturated heterocycles. The molecule has 0 atom stereocenters. The van der Waals surface area contributed by atoms with Gasteiger partial charge in [-0.3, -0.25) is 15.1 Å². The van der Waals surface area contributed by atoms with Crippen LogP contribution in [0.15, 0.2) is 41.0 Å². The fourth-order valence-electron chi connectivity index (χ4n) is 2.60. The molecule has 0 spiro atoms. The first kappa shape index (κ1) is 16.1. The van der Waals surface area contributed by atoms with Crippen LogP contribution in [0.3, 0.4) is 0 Å². The second-order valence-corrected chi connectivity index (χ2v) is 4.98. The molecule has 9 heteroatoms. The average molecular weight is 319 g/mol. The second-order valence-electron chi connectivity index (χ2n) is 4.98. The number of rotatable bonds is 4. The minimum atomic E-state index is -1.31. The van der Waals surface area contributed by atoms with E-state index in [9.17, 15) is 29.9 Å². The van der Waals surface area contributed by atoms with E-state index in [1.807, 2.05) is 0 Å². The number of carboxylic acids is 2. The van der Waals surface area contributed by atoms with Crippen molar-refractivity contribution in [1.29, 1.82) is 0 Å². The number of nitro groups is 1. The van der Waals surface area contributed by atoms with Crippen molar-refractivity contribution in [3.63, 3.8) is 0 Å². The highest BCUT2D eigenvalue weighted by Crippen LogP contribution is 2.38. The maximum Gasteiger partial charge on any atom is 0.334 e.